The summed E-state index contributed by atoms with van der Waals surface area (Å²) in [6, 6.07) is 12.3. The number of benzene rings is 2. The fourth-order valence-electron chi connectivity index (χ4n) is 2.19. The Hall–Kier alpha value is -2.33. The van der Waals surface area contributed by atoms with E-state index in [1.807, 2.05) is 13.0 Å². The summed E-state index contributed by atoms with van der Waals surface area (Å²) in [5.41, 5.74) is 2.09. The number of carbonyl (C=O) groups is 2. The van der Waals surface area contributed by atoms with Crippen molar-refractivity contribution in [2.45, 2.75) is 19.8 Å². The minimum absolute atomic E-state index is 0.0996. The molecule has 0 atom stereocenters. The Morgan fingerprint density at radius 1 is 1.13 bits per heavy atom. The number of anilines is 1. The summed E-state index contributed by atoms with van der Waals surface area (Å²) in [4.78, 5) is 24.2. The molecule has 23 heavy (non-hydrogen) atoms. The highest BCUT2D eigenvalue weighted by molar-refractivity contribution is 6.30. The topological polar surface area (TPSA) is 55.4 Å². The van der Waals surface area contributed by atoms with Crippen LogP contribution in [-0.2, 0) is 4.79 Å². The van der Waals surface area contributed by atoms with Gasteiger partial charge < -0.3 is 10.1 Å². The second kappa shape index (κ2) is 7.79. The number of halogens is 1. The second-order valence-corrected chi connectivity index (χ2v) is 5.62. The van der Waals surface area contributed by atoms with E-state index >= 15 is 0 Å². The van der Waals surface area contributed by atoms with Crippen molar-refractivity contribution in [2.75, 3.05) is 12.4 Å². The summed E-state index contributed by atoms with van der Waals surface area (Å²) in [6.45, 7) is 1.90. The van der Waals surface area contributed by atoms with E-state index in [2.05, 4.69) is 5.32 Å². The number of carbonyl (C=O) groups excluding carboxylic acids is 2. The lowest BCUT2D eigenvalue weighted by atomic mass is 10.0. The summed E-state index contributed by atoms with van der Waals surface area (Å²) in [6.07, 6.45) is 0.217. The third-order valence-electron chi connectivity index (χ3n) is 3.34. The van der Waals surface area contributed by atoms with Crippen molar-refractivity contribution in [3.8, 4) is 5.75 Å². The second-order valence-electron chi connectivity index (χ2n) is 5.19. The van der Waals surface area contributed by atoms with Crippen molar-refractivity contribution >= 4 is 29.0 Å². The molecule has 0 spiro atoms. The maximum absolute atomic E-state index is 12.3. The number of methoxy groups -OCH3 is 1. The van der Waals surface area contributed by atoms with Crippen molar-refractivity contribution in [1.29, 1.82) is 0 Å². The number of rotatable bonds is 6. The number of hydrogen-bond acceptors (Lipinski definition) is 3. The van der Waals surface area contributed by atoms with Gasteiger partial charge in [-0.25, -0.2) is 0 Å². The number of ketones is 1. The number of Topliss-reactive ketones (excluding diaryl/α,β-unsaturated/α-hetero) is 1. The number of amides is 1. The van der Waals surface area contributed by atoms with Crippen LogP contribution in [-0.4, -0.2) is 18.8 Å². The molecule has 0 heterocycles. The predicted molar refractivity (Wildman–Crippen MR) is 91.4 cm³/mol. The van der Waals surface area contributed by atoms with Crippen LogP contribution in [0.3, 0.4) is 0 Å². The first-order chi connectivity index (χ1) is 11.0. The average Bonchev–Trinajstić information content (AvgIpc) is 2.52. The first-order valence-electron chi connectivity index (χ1n) is 7.23. The molecule has 0 aliphatic heterocycles. The molecule has 0 radical (unpaired) electrons. The van der Waals surface area contributed by atoms with Gasteiger partial charge in [0.1, 0.15) is 5.75 Å². The number of ether oxygens (including phenoxy) is 1. The molecule has 0 bridgehead atoms. The third-order valence-corrected chi connectivity index (χ3v) is 3.58. The summed E-state index contributed by atoms with van der Waals surface area (Å²) < 4.78 is 5.20. The molecule has 0 aliphatic carbocycles. The molecule has 0 saturated heterocycles. The smallest absolute Gasteiger partial charge is 0.224 e. The van der Waals surface area contributed by atoms with Gasteiger partial charge in [-0.3, -0.25) is 9.59 Å². The number of hydrogen-bond donors (Lipinski definition) is 1. The van der Waals surface area contributed by atoms with Gasteiger partial charge in [0.2, 0.25) is 5.91 Å². The Balaban J connectivity index is 1.96. The standard InChI is InChI=1S/C18H18ClNO3/c1-12-6-8-17(23-2)15(10-12)16(21)7-9-18(22)20-14-5-3-4-13(19)11-14/h3-6,8,10-11H,7,9H2,1-2H3,(H,20,22). The lowest BCUT2D eigenvalue weighted by molar-refractivity contribution is -0.116. The van der Waals surface area contributed by atoms with Crippen LogP contribution < -0.4 is 10.1 Å². The third kappa shape index (κ3) is 4.83. The number of aryl methyl sites for hydroxylation is 1. The molecule has 1 amide bonds. The molecular weight excluding hydrogens is 314 g/mol. The van der Waals surface area contributed by atoms with E-state index in [4.69, 9.17) is 16.3 Å². The van der Waals surface area contributed by atoms with Crippen molar-refractivity contribution in [2.24, 2.45) is 0 Å². The lowest BCUT2D eigenvalue weighted by Crippen LogP contribution is -2.14. The average molecular weight is 332 g/mol. The monoisotopic (exact) mass is 331 g/mol. The SMILES string of the molecule is COc1ccc(C)cc1C(=O)CCC(=O)Nc1cccc(Cl)c1. The quantitative estimate of drug-likeness (QED) is 0.805. The molecule has 0 saturated carbocycles. The zero-order valence-corrected chi connectivity index (χ0v) is 13.8. The summed E-state index contributed by atoms with van der Waals surface area (Å²) in [5, 5.41) is 3.27. The molecule has 0 fully saturated rings. The molecule has 2 rings (SSSR count). The minimum Gasteiger partial charge on any atom is -0.496 e. The van der Waals surface area contributed by atoms with Gasteiger partial charge in [0.25, 0.3) is 0 Å². The summed E-state index contributed by atoms with van der Waals surface area (Å²) in [7, 11) is 1.52. The van der Waals surface area contributed by atoms with Gasteiger partial charge in [0, 0.05) is 23.6 Å². The first-order valence-corrected chi connectivity index (χ1v) is 7.60. The molecule has 0 aliphatic rings. The van der Waals surface area contributed by atoms with Gasteiger partial charge in [-0.05, 0) is 37.3 Å². The zero-order chi connectivity index (χ0) is 16.8. The van der Waals surface area contributed by atoms with E-state index < -0.39 is 0 Å². The highest BCUT2D eigenvalue weighted by Crippen LogP contribution is 2.22. The van der Waals surface area contributed by atoms with Crippen molar-refractivity contribution in [3.05, 3.63) is 58.6 Å². The van der Waals surface area contributed by atoms with Crippen LogP contribution in [0.2, 0.25) is 5.02 Å². The van der Waals surface area contributed by atoms with Crippen LogP contribution in [0.5, 0.6) is 5.75 Å². The molecule has 120 valence electrons. The van der Waals surface area contributed by atoms with E-state index in [1.54, 1.807) is 36.4 Å². The fourth-order valence-corrected chi connectivity index (χ4v) is 2.38. The van der Waals surface area contributed by atoms with Gasteiger partial charge in [0.05, 0.1) is 12.7 Å². The van der Waals surface area contributed by atoms with Crippen molar-refractivity contribution in [3.63, 3.8) is 0 Å². The van der Waals surface area contributed by atoms with Gasteiger partial charge >= 0.3 is 0 Å². The van der Waals surface area contributed by atoms with Crippen LogP contribution in [0.25, 0.3) is 0 Å². The Bertz CT molecular complexity index is 728. The van der Waals surface area contributed by atoms with Crippen molar-refractivity contribution in [1.82, 2.24) is 0 Å². The normalized spacial score (nSPS) is 10.2. The predicted octanol–water partition coefficient (Wildman–Crippen LogP) is 4.26. The highest BCUT2D eigenvalue weighted by Gasteiger charge is 2.14. The highest BCUT2D eigenvalue weighted by atomic mass is 35.5. The molecule has 0 unspecified atom stereocenters. The maximum Gasteiger partial charge on any atom is 0.224 e. The molecule has 2 aromatic rings. The Morgan fingerprint density at radius 3 is 2.61 bits per heavy atom. The molecule has 1 N–H and O–H groups in total. The zero-order valence-electron chi connectivity index (χ0n) is 13.1. The minimum atomic E-state index is -0.229. The van der Waals surface area contributed by atoms with Crippen LogP contribution in [0.4, 0.5) is 5.69 Å². The first kappa shape index (κ1) is 17.0. The maximum atomic E-state index is 12.3. The van der Waals surface area contributed by atoms with Crippen molar-refractivity contribution < 1.29 is 14.3 Å². The molecular formula is C18H18ClNO3. The van der Waals surface area contributed by atoms with Crippen LogP contribution >= 0.6 is 11.6 Å². The Morgan fingerprint density at radius 2 is 1.91 bits per heavy atom. The van der Waals surface area contributed by atoms with Crippen LogP contribution in [0, 0.1) is 6.92 Å². The van der Waals surface area contributed by atoms with E-state index in [0.29, 0.717) is 22.0 Å². The van der Waals surface area contributed by atoms with E-state index in [1.165, 1.54) is 7.11 Å². The summed E-state index contributed by atoms with van der Waals surface area (Å²) in [5.74, 6) is 0.176. The van der Waals surface area contributed by atoms with Gasteiger partial charge in [-0.1, -0.05) is 29.3 Å². The largest absolute Gasteiger partial charge is 0.496 e. The van der Waals surface area contributed by atoms with Crippen LogP contribution in [0.1, 0.15) is 28.8 Å². The Kier molecular flexibility index (Phi) is 5.77. The Labute approximate surface area is 140 Å². The molecule has 5 heteroatoms. The summed E-state index contributed by atoms with van der Waals surface area (Å²) >= 11 is 5.86. The van der Waals surface area contributed by atoms with E-state index in [-0.39, 0.29) is 24.5 Å². The fraction of sp³-hybridized carbons (Fsp3) is 0.222. The molecule has 2 aromatic carbocycles. The van der Waals surface area contributed by atoms with Gasteiger partial charge in [-0.15, -0.1) is 0 Å². The van der Waals surface area contributed by atoms with Gasteiger partial charge in [0.15, 0.2) is 5.78 Å². The van der Waals surface area contributed by atoms with E-state index in [0.717, 1.165) is 5.56 Å². The lowest BCUT2D eigenvalue weighted by Gasteiger charge is -2.09. The van der Waals surface area contributed by atoms with E-state index in [9.17, 15) is 9.59 Å². The van der Waals surface area contributed by atoms with Crippen LogP contribution in [0.15, 0.2) is 42.5 Å². The molecule has 0 aromatic heterocycles. The number of nitrogens with one attached hydrogen (secondary N) is 1. The molecule has 4 nitrogen and oxygen atoms in total. The van der Waals surface area contributed by atoms with Gasteiger partial charge in [-0.2, -0.15) is 0 Å².